The number of methoxy groups -OCH3 is 1. The van der Waals surface area contributed by atoms with Crippen LogP contribution >= 0.6 is 0 Å². The molecule has 1 aromatic rings. The van der Waals surface area contributed by atoms with Crippen LogP contribution in [-0.2, 0) is 44.7 Å². The first-order valence-corrected chi connectivity index (χ1v) is 10.7. The minimum absolute atomic E-state index is 0.00574. The number of aliphatic carboxylic acids is 1. The SMILES string of the molecule is COC(=O)[C@H](CCC(=O)N[C@@H]1OC(C(=O)O)[C@H]2OC(C)(C)O[C@@H]12)NC(=O)OCc1ccccc1. The molecule has 0 bridgehead atoms. The molecule has 0 aliphatic carbocycles. The lowest BCUT2D eigenvalue weighted by molar-refractivity contribution is -0.197. The summed E-state index contributed by atoms with van der Waals surface area (Å²) in [6, 6.07) is 7.84. The van der Waals surface area contributed by atoms with E-state index in [9.17, 15) is 24.3 Å². The highest BCUT2D eigenvalue weighted by Crippen LogP contribution is 2.38. The highest BCUT2D eigenvalue weighted by Gasteiger charge is 2.58. The molecule has 0 aromatic heterocycles. The summed E-state index contributed by atoms with van der Waals surface area (Å²) < 4.78 is 26.5. The zero-order valence-electron chi connectivity index (χ0n) is 19.0. The second-order valence-electron chi connectivity index (χ2n) is 8.27. The van der Waals surface area contributed by atoms with Crippen LogP contribution in [-0.4, -0.2) is 72.5 Å². The van der Waals surface area contributed by atoms with E-state index in [1.807, 2.05) is 6.07 Å². The van der Waals surface area contributed by atoms with Gasteiger partial charge in [0.25, 0.3) is 0 Å². The lowest BCUT2D eigenvalue weighted by Gasteiger charge is -2.23. The van der Waals surface area contributed by atoms with Crippen molar-refractivity contribution in [2.45, 2.75) is 69.7 Å². The number of ether oxygens (including phenoxy) is 5. The van der Waals surface area contributed by atoms with Gasteiger partial charge in [0, 0.05) is 6.42 Å². The third-order valence-corrected chi connectivity index (χ3v) is 5.25. The van der Waals surface area contributed by atoms with E-state index in [0.29, 0.717) is 0 Å². The molecule has 0 spiro atoms. The molecule has 3 rings (SSSR count). The normalized spacial score (nSPS) is 25.6. The number of carbonyl (C=O) groups excluding carboxylic acids is 3. The first-order chi connectivity index (χ1) is 16.1. The Hall–Kier alpha value is -3.22. The molecule has 2 aliphatic heterocycles. The van der Waals surface area contributed by atoms with E-state index in [0.717, 1.165) is 12.7 Å². The quantitative estimate of drug-likeness (QED) is 0.429. The molecule has 1 aromatic carbocycles. The minimum atomic E-state index is -1.30. The number of rotatable bonds is 9. The van der Waals surface area contributed by atoms with Gasteiger partial charge in [-0.2, -0.15) is 0 Å². The topological polar surface area (TPSA) is 159 Å². The van der Waals surface area contributed by atoms with E-state index in [2.05, 4.69) is 10.6 Å². The van der Waals surface area contributed by atoms with Crippen molar-refractivity contribution in [2.24, 2.45) is 0 Å². The van der Waals surface area contributed by atoms with Gasteiger partial charge < -0.3 is 39.4 Å². The molecule has 186 valence electrons. The summed E-state index contributed by atoms with van der Waals surface area (Å²) in [4.78, 5) is 48.2. The maximum Gasteiger partial charge on any atom is 0.408 e. The number of hydrogen-bond donors (Lipinski definition) is 3. The van der Waals surface area contributed by atoms with Crippen LogP contribution in [0.25, 0.3) is 0 Å². The Balaban J connectivity index is 1.52. The van der Waals surface area contributed by atoms with Gasteiger partial charge >= 0.3 is 18.0 Å². The molecule has 2 fully saturated rings. The zero-order chi connectivity index (χ0) is 24.9. The fourth-order valence-corrected chi connectivity index (χ4v) is 3.72. The van der Waals surface area contributed by atoms with E-state index in [1.165, 1.54) is 0 Å². The molecule has 0 saturated carbocycles. The maximum atomic E-state index is 12.5. The first-order valence-electron chi connectivity index (χ1n) is 10.7. The third kappa shape index (κ3) is 6.43. The van der Waals surface area contributed by atoms with Crippen LogP contribution in [0.5, 0.6) is 0 Å². The number of carboxylic acids is 1. The molecule has 12 heteroatoms. The number of carboxylic acid groups (broad SMARTS) is 1. The standard InChI is InChI=1S/C22H28N2O10/c1-22(2)33-15-16(34-22)18(32-17(15)19(26)27)24-14(25)10-9-13(20(28)30-3)23-21(29)31-11-12-7-5-4-6-8-12/h4-8,13,15-18H,9-11H2,1-3H3,(H,23,29)(H,24,25)(H,26,27)/t13-,15-,16+,17?,18+/m0/s1. The largest absolute Gasteiger partial charge is 0.479 e. The van der Waals surface area contributed by atoms with Gasteiger partial charge in [-0.25, -0.2) is 14.4 Å². The zero-order valence-corrected chi connectivity index (χ0v) is 19.0. The van der Waals surface area contributed by atoms with Crippen molar-refractivity contribution < 1.29 is 48.0 Å². The Morgan fingerprint density at radius 1 is 1.12 bits per heavy atom. The summed E-state index contributed by atoms with van der Waals surface area (Å²) in [6.07, 6.45) is -5.20. The molecular formula is C22H28N2O10. The number of benzene rings is 1. The molecule has 5 atom stereocenters. The van der Waals surface area contributed by atoms with Crippen LogP contribution in [0.15, 0.2) is 30.3 Å². The summed E-state index contributed by atoms with van der Waals surface area (Å²) in [6.45, 7) is 3.27. The molecule has 34 heavy (non-hydrogen) atoms. The van der Waals surface area contributed by atoms with Crippen molar-refractivity contribution in [3.05, 3.63) is 35.9 Å². The van der Waals surface area contributed by atoms with Crippen molar-refractivity contribution in [2.75, 3.05) is 7.11 Å². The van der Waals surface area contributed by atoms with E-state index >= 15 is 0 Å². The van der Waals surface area contributed by atoms with E-state index in [1.54, 1.807) is 38.1 Å². The summed E-state index contributed by atoms with van der Waals surface area (Å²) in [5.41, 5.74) is 0.766. The first kappa shape index (κ1) is 25.4. The van der Waals surface area contributed by atoms with Gasteiger partial charge in [0.2, 0.25) is 5.91 Å². The van der Waals surface area contributed by atoms with E-state index in [4.69, 9.17) is 23.7 Å². The predicted molar refractivity (Wildman–Crippen MR) is 113 cm³/mol. The Kier molecular flexibility index (Phi) is 8.07. The van der Waals surface area contributed by atoms with E-state index < -0.39 is 60.3 Å². The summed E-state index contributed by atoms with van der Waals surface area (Å²) in [5.74, 6) is -3.56. The molecule has 2 aliphatic rings. The number of amides is 2. The highest BCUT2D eigenvalue weighted by molar-refractivity contribution is 5.83. The van der Waals surface area contributed by atoms with Gasteiger partial charge in [0.05, 0.1) is 7.11 Å². The number of fused-ring (bicyclic) bond motifs is 1. The highest BCUT2D eigenvalue weighted by atomic mass is 16.8. The van der Waals surface area contributed by atoms with Gasteiger partial charge in [-0.3, -0.25) is 4.79 Å². The molecule has 0 radical (unpaired) electrons. The molecule has 2 heterocycles. The van der Waals surface area contributed by atoms with Crippen LogP contribution in [0.2, 0.25) is 0 Å². The fourth-order valence-electron chi connectivity index (χ4n) is 3.72. The molecular weight excluding hydrogens is 452 g/mol. The van der Waals surface area contributed by atoms with Crippen molar-refractivity contribution >= 4 is 23.9 Å². The van der Waals surface area contributed by atoms with Crippen molar-refractivity contribution in [3.63, 3.8) is 0 Å². The van der Waals surface area contributed by atoms with Crippen LogP contribution in [0, 0.1) is 0 Å². The lowest BCUT2D eigenvalue weighted by Crippen LogP contribution is -2.45. The number of nitrogens with one attached hydrogen (secondary N) is 2. The molecule has 1 unspecified atom stereocenters. The fraction of sp³-hybridized carbons (Fsp3) is 0.545. The Morgan fingerprint density at radius 2 is 1.79 bits per heavy atom. The van der Waals surface area contributed by atoms with Crippen LogP contribution in [0.4, 0.5) is 4.79 Å². The van der Waals surface area contributed by atoms with Crippen LogP contribution in [0.3, 0.4) is 0 Å². The van der Waals surface area contributed by atoms with Gasteiger partial charge in [0.1, 0.15) is 24.9 Å². The summed E-state index contributed by atoms with van der Waals surface area (Å²) >= 11 is 0. The number of carbonyl (C=O) groups is 4. The second-order valence-corrected chi connectivity index (χ2v) is 8.27. The van der Waals surface area contributed by atoms with Crippen LogP contribution < -0.4 is 10.6 Å². The number of hydrogen-bond acceptors (Lipinski definition) is 9. The van der Waals surface area contributed by atoms with Gasteiger partial charge in [-0.1, -0.05) is 30.3 Å². The lowest BCUT2D eigenvalue weighted by atomic mass is 10.1. The van der Waals surface area contributed by atoms with Crippen LogP contribution in [0.1, 0.15) is 32.3 Å². The summed E-state index contributed by atoms with van der Waals surface area (Å²) in [7, 11) is 1.16. The molecule has 3 N–H and O–H groups in total. The van der Waals surface area contributed by atoms with Crippen molar-refractivity contribution in [3.8, 4) is 0 Å². The second kappa shape index (κ2) is 10.8. The van der Waals surface area contributed by atoms with E-state index in [-0.39, 0.29) is 19.4 Å². The average molecular weight is 480 g/mol. The number of alkyl carbamates (subject to hydrolysis) is 1. The molecule has 2 saturated heterocycles. The molecule has 12 nitrogen and oxygen atoms in total. The molecule has 2 amide bonds. The van der Waals surface area contributed by atoms with Crippen molar-refractivity contribution in [1.82, 2.24) is 10.6 Å². The Morgan fingerprint density at radius 3 is 2.44 bits per heavy atom. The monoisotopic (exact) mass is 480 g/mol. The smallest absolute Gasteiger partial charge is 0.408 e. The third-order valence-electron chi connectivity index (χ3n) is 5.25. The Bertz CT molecular complexity index is 906. The van der Waals surface area contributed by atoms with Gasteiger partial charge in [-0.05, 0) is 25.8 Å². The summed E-state index contributed by atoms with van der Waals surface area (Å²) in [5, 5.41) is 14.3. The van der Waals surface area contributed by atoms with Crippen molar-refractivity contribution in [1.29, 1.82) is 0 Å². The number of esters is 1. The van der Waals surface area contributed by atoms with Gasteiger partial charge in [0.15, 0.2) is 18.1 Å². The Labute approximate surface area is 195 Å². The average Bonchev–Trinajstić information content (AvgIpc) is 3.28. The minimum Gasteiger partial charge on any atom is -0.479 e. The van der Waals surface area contributed by atoms with Gasteiger partial charge in [-0.15, -0.1) is 0 Å². The predicted octanol–water partition coefficient (Wildman–Crippen LogP) is 0.680. The maximum absolute atomic E-state index is 12.5.